The Hall–Kier alpha value is -2.17. The molecule has 2 aromatic carbocycles. The van der Waals surface area contributed by atoms with Gasteiger partial charge in [0.2, 0.25) is 0 Å². The second-order valence-corrected chi connectivity index (χ2v) is 6.50. The third-order valence-electron chi connectivity index (χ3n) is 4.06. The molecule has 4 rings (SSSR count). The van der Waals surface area contributed by atoms with E-state index in [2.05, 4.69) is 69.0 Å². The third kappa shape index (κ3) is 2.54. The molecular weight excluding hydrogens is 350 g/mol. The van der Waals surface area contributed by atoms with Crippen molar-refractivity contribution in [3.8, 4) is 11.3 Å². The van der Waals surface area contributed by atoms with E-state index in [1.54, 1.807) is 0 Å². The second-order valence-electron chi connectivity index (χ2n) is 5.58. The minimum absolute atomic E-state index is 0.589. The molecule has 4 heteroatoms. The highest BCUT2D eigenvalue weighted by atomic mass is 79.9. The first-order chi connectivity index (χ1) is 11.3. The van der Waals surface area contributed by atoms with Crippen LogP contribution in [0.4, 0.5) is 0 Å². The van der Waals surface area contributed by atoms with Crippen LogP contribution >= 0.6 is 15.9 Å². The number of hydrogen-bond acceptors (Lipinski definition) is 2. The maximum Gasteiger partial charge on any atom is 0.137 e. The largest absolute Gasteiger partial charge is 0.330 e. The number of nitrogens with zero attached hydrogens (tertiary/aromatic N) is 2. The van der Waals surface area contributed by atoms with Crippen LogP contribution in [0.25, 0.3) is 27.7 Å². The van der Waals surface area contributed by atoms with Crippen molar-refractivity contribution in [1.29, 1.82) is 0 Å². The Morgan fingerprint density at radius 3 is 2.65 bits per heavy atom. The average molecular weight is 366 g/mol. The minimum atomic E-state index is 0.589. The van der Waals surface area contributed by atoms with Crippen molar-refractivity contribution in [2.45, 2.75) is 6.42 Å². The van der Waals surface area contributed by atoms with E-state index in [1.165, 1.54) is 10.8 Å². The zero-order valence-corrected chi connectivity index (χ0v) is 14.1. The summed E-state index contributed by atoms with van der Waals surface area (Å²) in [4.78, 5) is 4.76. The van der Waals surface area contributed by atoms with Gasteiger partial charge in [-0.2, -0.15) is 0 Å². The number of hydrogen-bond donors (Lipinski definition) is 1. The number of rotatable bonds is 3. The molecule has 3 nitrogen and oxygen atoms in total. The molecule has 0 saturated heterocycles. The van der Waals surface area contributed by atoms with Gasteiger partial charge in [0.05, 0.1) is 11.4 Å². The van der Waals surface area contributed by atoms with E-state index in [0.717, 1.165) is 33.5 Å². The summed E-state index contributed by atoms with van der Waals surface area (Å²) in [5, 5.41) is 2.47. The summed E-state index contributed by atoms with van der Waals surface area (Å²) in [6.45, 7) is 0.589. The van der Waals surface area contributed by atoms with Crippen molar-refractivity contribution in [1.82, 2.24) is 9.38 Å². The molecule has 0 aliphatic rings. The van der Waals surface area contributed by atoms with E-state index in [0.29, 0.717) is 6.54 Å². The molecule has 0 bridgehead atoms. The second kappa shape index (κ2) is 5.80. The molecular formula is C19H16BrN3. The van der Waals surface area contributed by atoms with Crippen LogP contribution in [-0.4, -0.2) is 15.9 Å². The fourth-order valence-corrected chi connectivity index (χ4v) is 3.36. The van der Waals surface area contributed by atoms with Gasteiger partial charge in [-0.15, -0.1) is 0 Å². The summed E-state index contributed by atoms with van der Waals surface area (Å²) in [5.41, 5.74) is 10.1. The van der Waals surface area contributed by atoms with Gasteiger partial charge in [-0.1, -0.05) is 36.4 Å². The summed E-state index contributed by atoms with van der Waals surface area (Å²) in [6.07, 6.45) is 2.83. The van der Waals surface area contributed by atoms with Gasteiger partial charge >= 0.3 is 0 Å². The number of fused-ring (bicyclic) bond motifs is 2. The van der Waals surface area contributed by atoms with Crippen molar-refractivity contribution in [3.05, 3.63) is 71.0 Å². The molecule has 0 spiro atoms. The first-order valence-electron chi connectivity index (χ1n) is 7.62. The van der Waals surface area contributed by atoms with Crippen LogP contribution in [0.5, 0.6) is 0 Å². The fraction of sp³-hybridized carbons (Fsp3) is 0.105. The number of benzene rings is 2. The van der Waals surface area contributed by atoms with E-state index in [4.69, 9.17) is 10.7 Å². The Balaban J connectivity index is 2.00. The molecule has 0 amide bonds. The molecule has 114 valence electrons. The average Bonchev–Trinajstić information content (AvgIpc) is 2.92. The lowest BCUT2D eigenvalue weighted by Crippen LogP contribution is -2.04. The Labute approximate surface area is 142 Å². The van der Waals surface area contributed by atoms with E-state index in [9.17, 15) is 0 Å². The van der Waals surface area contributed by atoms with E-state index in [-0.39, 0.29) is 0 Å². The normalized spacial score (nSPS) is 11.4. The molecule has 2 heterocycles. The molecule has 0 fully saturated rings. The molecule has 0 atom stereocenters. The molecule has 2 aromatic heterocycles. The molecule has 0 aliphatic heterocycles. The smallest absolute Gasteiger partial charge is 0.137 e. The van der Waals surface area contributed by atoms with E-state index >= 15 is 0 Å². The van der Waals surface area contributed by atoms with Crippen LogP contribution < -0.4 is 5.73 Å². The highest BCUT2D eigenvalue weighted by Gasteiger charge is 2.14. The molecule has 0 unspecified atom stereocenters. The summed E-state index contributed by atoms with van der Waals surface area (Å²) < 4.78 is 3.17. The number of pyridine rings is 1. The zero-order valence-electron chi connectivity index (χ0n) is 12.5. The van der Waals surface area contributed by atoms with Gasteiger partial charge < -0.3 is 5.73 Å². The van der Waals surface area contributed by atoms with Gasteiger partial charge in [-0.05, 0) is 51.4 Å². The van der Waals surface area contributed by atoms with Gasteiger partial charge in [0.15, 0.2) is 0 Å². The quantitative estimate of drug-likeness (QED) is 0.583. The van der Waals surface area contributed by atoms with Gasteiger partial charge in [0, 0.05) is 22.7 Å². The number of nitrogens with two attached hydrogens (primary N) is 1. The maximum atomic E-state index is 5.79. The predicted octanol–water partition coefficient (Wildman–Crippen LogP) is 4.42. The van der Waals surface area contributed by atoms with Crippen LogP contribution in [0.2, 0.25) is 0 Å². The van der Waals surface area contributed by atoms with Crippen molar-refractivity contribution in [2.24, 2.45) is 5.73 Å². The lowest BCUT2D eigenvalue weighted by atomic mass is 10.0. The molecule has 0 saturated carbocycles. The van der Waals surface area contributed by atoms with Gasteiger partial charge in [0.25, 0.3) is 0 Å². The minimum Gasteiger partial charge on any atom is -0.330 e. The molecule has 0 radical (unpaired) electrons. The first kappa shape index (κ1) is 14.4. The van der Waals surface area contributed by atoms with Crippen molar-refractivity contribution >= 4 is 32.3 Å². The Kier molecular flexibility index (Phi) is 3.63. The lowest BCUT2D eigenvalue weighted by Gasteiger charge is -2.07. The Morgan fingerprint density at radius 1 is 1.00 bits per heavy atom. The Bertz CT molecular complexity index is 1000. The van der Waals surface area contributed by atoms with Crippen molar-refractivity contribution in [2.75, 3.05) is 6.54 Å². The highest BCUT2D eigenvalue weighted by molar-refractivity contribution is 9.10. The summed E-state index contributed by atoms with van der Waals surface area (Å²) in [6, 6.07) is 19.0. The summed E-state index contributed by atoms with van der Waals surface area (Å²) >= 11 is 3.55. The maximum absolute atomic E-state index is 5.79. The van der Waals surface area contributed by atoms with E-state index < -0.39 is 0 Å². The molecule has 4 aromatic rings. The number of aromatic nitrogens is 2. The van der Waals surface area contributed by atoms with Crippen molar-refractivity contribution in [3.63, 3.8) is 0 Å². The molecule has 23 heavy (non-hydrogen) atoms. The molecule has 0 aliphatic carbocycles. The predicted molar refractivity (Wildman–Crippen MR) is 98.6 cm³/mol. The van der Waals surface area contributed by atoms with E-state index in [1.807, 2.05) is 12.1 Å². The summed E-state index contributed by atoms with van der Waals surface area (Å²) in [7, 11) is 0. The van der Waals surface area contributed by atoms with Crippen molar-refractivity contribution < 1.29 is 0 Å². The van der Waals surface area contributed by atoms with Gasteiger partial charge in [-0.3, -0.25) is 4.40 Å². The van der Waals surface area contributed by atoms with Gasteiger partial charge in [0.1, 0.15) is 5.65 Å². The monoisotopic (exact) mass is 365 g/mol. The SMILES string of the molecule is NCCc1nc2ccc(Br)cn2c1-c1ccc2ccccc2c1. The van der Waals surface area contributed by atoms with Crippen LogP contribution in [-0.2, 0) is 6.42 Å². The third-order valence-corrected chi connectivity index (χ3v) is 4.53. The number of halogens is 1. The topological polar surface area (TPSA) is 43.3 Å². The summed E-state index contributed by atoms with van der Waals surface area (Å²) in [5.74, 6) is 0. The first-order valence-corrected chi connectivity index (χ1v) is 8.41. The van der Waals surface area contributed by atoms with Crippen LogP contribution in [0.1, 0.15) is 5.69 Å². The lowest BCUT2D eigenvalue weighted by molar-refractivity contribution is 0.939. The van der Waals surface area contributed by atoms with Crippen LogP contribution in [0.3, 0.4) is 0 Å². The Morgan fingerprint density at radius 2 is 1.83 bits per heavy atom. The van der Waals surface area contributed by atoms with Crippen LogP contribution in [0.15, 0.2) is 65.3 Å². The fourth-order valence-electron chi connectivity index (χ4n) is 3.02. The zero-order chi connectivity index (χ0) is 15.8. The highest BCUT2D eigenvalue weighted by Crippen LogP contribution is 2.29. The number of imidazole rings is 1. The molecule has 2 N–H and O–H groups in total. The standard InChI is InChI=1S/C19H16BrN3/c20-16-7-8-18-22-17(9-10-21)19(23(18)12-16)15-6-5-13-3-1-2-4-14(13)11-15/h1-8,11-12H,9-10,21H2. The van der Waals surface area contributed by atoms with Crippen LogP contribution in [0, 0.1) is 0 Å². The van der Waals surface area contributed by atoms with Gasteiger partial charge in [-0.25, -0.2) is 4.98 Å².